The Hall–Kier alpha value is -2.93. The number of hydrogen-bond acceptors (Lipinski definition) is 1. The van der Waals surface area contributed by atoms with Gasteiger partial charge in [0.15, 0.2) is 5.78 Å². The number of carbonyl (C=O) groups excluding carboxylic acids is 1. The fourth-order valence-corrected chi connectivity index (χ4v) is 3.35. The summed E-state index contributed by atoms with van der Waals surface area (Å²) >= 11 is 0. The van der Waals surface area contributed by atoms with Gasteiger partial charge < -0.3 is 0 Å². The Balaban J connectivity index is 1.94. The van der Waals surface area contributed by atoms with Crippen molar-refractivity contribution in [2.75, 3.05) is 0 Å². The van der Waals surface area contributed by atoms with Crippen molar-refractivity contribution >= 4 is 27.3 Å². The van der Waals surface area contributed by atoms with E-state index in [0.29, 0.717) is 0 Å². The number of carbonyl (C=O) groups is 1. The van der Waals surface area contributed by atoms with E-state index in [-0.39, 0.29) is 5.78 Å². The molecule has 1 nitrogen and oxygen atoms in total. The van der Waals surface area contributed by atoms with E-state index in [2.05, 4.69) is 50.2 Å². The van der Waals surface area contributed by atoms with Gasteiger partial charge in [-0.05, 0) is 35.4 Å². The second-order valence-corrected chi connectivity index (χ2v) is 6.39. The van der Waals surface area contributed by atoms with Crippen molar-refractivity contribution in [1.29, 1.82) is 0 Å². The smallest absolute Gasteiger partial charge is 0.194 e. The quantitative estimate of drug-likeness (QED) is 0.425. The lowest BCUT2D eigenvalue weighted by Crippen LogP contribution is -2.03. The normalized spacial score (nSPS) is 11.1. The summed E-state index contributed by atoms with van der Waals surface area (Å²) in [5.41, 5.74) is 3.93. The highest BCUT2D eigenvalue weighted by Crippen LogP contribution is 2.26. The van der Waals surface area contributed by atoms with Crippen LogP contribution in [0.25, 0.3) is 21.5 Å². The minimum Gasteiger partial charge on any atom is -0.289 e. The molecule has 24 heavy (non-hydrogen) atoms. The Bertz CT molecular complexity index is 1000. The number of rotatable bonds is 2. The average molecular weight is 310 g/mol. The van der Waals surface area contributed by atoms with Gasteiger partial charge in [-0.15, -0.1) is 0 Å². The highest BCUT2D eigenvalue weighted by atomic mass is 16.1. The Morgan fingerprint density at radius 2 is 1.08 bits per heavy atom. The van der Waals surface area contributed by atoms with Crippen LogP contribution in [0.15, 0.2) is 72.8 Å². The van der Waals surface area contributed by atoms with Crippen LogP contribution in [0.3, 0.4) is 0 Å². The molecule has 0 N–H and O–H groups in total. The van der Waals surface area contributed by atoms with Crippen LogP contribution in [0, 0.1) is 13.8 Å². The molecule has 116 valence electrons. The molecule has 0 aliphatic rings. The zero-order valence-electron chi connectivity index (χ0n) is 13.8. The van der Waals surface area contributed by atoms with Gasteiger partial charge in [-0.2, -0.15) is 0 Å². The van der Waals surface area contributed by atoms with E-state index in [1.165, 1.54) is 11.1 Å². The molecule has 0 saturated carbocycles. The fourth-order valence-electron chi connectivity index (χ4n) is 3.35. The van der Waals surface area contributed by atoms with Crippen molar-refractivity contribution in [2.45, 2.75) is 13.8 Å². The first-order valence-corrected chi connectivity index (χ1v) is 8.17. The lowest BCUT2D eigenvalue weighted by atomic mass is 9.93. The standard InChI is InChI=1S/C23H18O/c1-15-9-11-19-17(13-15)5-3-7-21(19)23(24)22-8-4-6-18-14-16(2)10-12-20(18)22/h3-14H,1-2H3. The van der Waals surface area contributed by atoms with Crippen LogP contribution in [0.4, 0.5) is 0 Å². The molecule has 0 aromatic heterocycles. The minimum atomic E-state index is 0.0823. The van der Waals surface area contributed by atoms with Crippen molar-refractivity contribution in [3.8, 4) is 0 Å². The van der Waals surface area contributed by atoms with Crippen LogP contribution in [0.2, 0.25) is 0 Å². The highest BCUT2D eigenvalue weighted by Gasteiger charge is 2.15. The third-order valence-electron chi connectivity index (χ3n) is 4.56. The molecule has 0 aliphatic carbocycles. The van der Waals surface area contributed by atoms with Crippen LogP contribution in [0.5, 0.6) is 0 Å². The van der Waals surface area contributed by atoms with Crippen molar-refractivity contribution in [3.05, 3.63) is 95.1 Å². The summed E-state index contributed by atoms with van der Waals surface area (Å²) in [6.07, 6.45) is 0. The van der Waals surface area contributed by atoms with Gasteiger partial charge in [0.1, 0.15) is 0 Å². The zero-order chi connectivity index (χ0) is 16.7. The second kappa shape index (κ2) is 5.61. The Labute approximate surface area is 141 Å². The lowest BCUT2D eigenvalue weighted by Gasteiger charge is -2.10. The monoisotopic (exact) mass is 310 g/mol. The van der Waals surface area contributed by atoms with Crippen molar-refractivity contribution in [2.24, 2.45) is 0 Å². The molecule has 4 rings (SSSR count). The zero-order valence-corrected chi connectivity index (χ0v) is 13.8. The maximum atomic E-state index is 13.2. The molecular formula is C23H18O. The molecule has 0 unspecified atom stereocenters. The summed E-state index contributed by atoms with van der Waals surface area (Å²) < 4.78 is 0. The van der Waals surface area contributed by atoms with Gasteiger partial charge in [0.2, 0.25) is 0 Å². The number of aryl methyl sites for hydroxylation is 2. The van der Waals surface area contributed by atoms with E-state index in [1.54, 1.807) is 0 Å². The van der Waals surface area contributed by atoms with Crippen LogP contribution >= 0.6 is 0 Å². The van der Waals surface area contributed by atoms with Gasteiger partial charge in [-0.3, -0.25) is 4.79 Å². The molecule has 0 aliphatic heterocycles. The van der Waals surface area contributed by atoms with Crippen LogP contribution < -0.4 is 0 Å². The summed E-state index contributed by atoms with van der Waals surface area (Å²) in [5, 5.41) is 4.24. The third kappa shape index (κ3) is 2.39. The van der Waals surface area contributed by atoms with E-state index in [4.69, 9.17) is 0 Å². The fraction of sp³-hybridized carbons (Fsp3) is 0.0870. The van der Waals surface area contributed by atoms with Gasteiger partial charge >= 0.3 is 0 Å². The summed E-state index contributed by atoms with van der Waals surface area (Å²) in [7, 11) is 0. The summed E-state index contributed by atoms with van der Waals surface area (Å²) in [5.74, 6) is 0.0823. The first-order valence-electron chi connectivity index (χ1n) is 8.17. The molecule has 0 atom stereocenters. The van der Waals surface area contributed by atoms with E-state index in [0.717, 1.165) is 32.7 Å². The average Bonchev–Trinajstić information content (AvgIpc) is 2.59. The molecule has 0 heterocycles. The number of ketones is 1. The van der Waals surface area contributed by atoms with E-state index in [1.807, 2.05) is 36.4 Å². The van der Waals surface area contributed by atoms with Gasteiger partial charge in [0.25, 0.3) is 0 Å². The van der Waals surface area contributed by atoms with Crippen molar-refractivity contribution in [3.63, 3.8) is 0 Å². The van der Waals surface area contributed by atoms with E-state index < -0.39 is 0 Å². The Morgan fingerprint density at radius 1 is 0.625 bits per heavy atom. The first-order chi connectivity index (χ1) is 11.6. The van der Waals surface area contributed by atoms with Gasteiger partial charge in [0.05, 0.1) is 0 Å². The predicted molar refractivity (Wildman–Crippen MR) is 101 cm³/mol. The van der Waals surface area contributed by atoms with Crippen molar-refractivity contribution in [1.82, 2.24) is 0 Å². The molecule has 0 spiro atoms. The van der Waals surface area contributed by atoms with E-state index >= 15 is 0 Å². The maximum absolute atomic E-state index is 13.2. The van der Waals surface area contributed by atoms with Crippen LogP contribution in [0.1, 0.15) is 27.0 Å². The second-order valence-electron chi connectivity index (χ2n) is 6.39. The van der Waals surface area contributed by atoms with Gasteiger partial charge in [-0.1, -0.05) is 83.9 Å². The molecule has 0 bridgehead atoms. The van der Waals surface area contributed by atoms with Crippen LogP contribution in [-0.2, 0) is 0 Å². The van der Waals surface area contributed by atoms with Gasteiger partial charge in [0, 0.05) is 11.1 Å². The molecule has 4 aromatic carbocycles. The number of fused-ring (bicyclic) bond motifs is 2. The van der Waals surface area contributed by atoms with Crippen molar-refractivity contribution < 1.29 is 4.79 Å². The van der Waals surface area contributed by atoms with Gasteiger partial charge in [-0.25, -0.2) is 0 Å². The first kappa shape index (κ1) is 14.6. The summed E-state index contributed by atoms with van der Waals surface area (Å²) in [4.78, 5) is 13.2. The number of benzene rings is 4. The molecule has 0 radical (unpaired) electrons. The highest BCUT2D eigenvalue weighted by molar-refractivity contribution is 6.21. The number of hydrogen-bond donors (Lipinski definition) is 0. The SMILES string of the molecule is Cc1ccc2c(C(=O)c3cccc4cc(C)ccc34)cccc2c1. The molecule has 0 fully saturated rings. The Kier molecular flexibility index (Phi) is 3.42. The summed E-state index contributed by atoms with van der Waals surface area (Å²) in [6, 6.07) is 24.4. The molecule has 1 heteroatoms. The molecule has 0 saturated heterocycles. The van der Waals surface area contributed by atoms with E-state index in [9.17, 15) is 4.79 Å². The molecule has 0 amide bonds. The topological polar surface area (TPSA) is 17.1 Å². The van der Waals surface area contributed by atoms with Crippen LogP contribution in [-0.4, -0.2) is 5.78 Å². The largest absolute Gasteiger partial charge is 0.289 e. The predicted octanol–water partition coefficient (Wildman–Crippen LogP) is 5.84. The third-order valence-corrected chi connectivity index (χ3v) is 4.56. The Morgan fingerprint density at radius 3 is 1.54 bits per heavy atom. The lowest BCUT2D eigenvalue weighted by molar-refractivity contribution is 0.104. The maximum Gasteiger partial charge on any atom is 0.194 e. The minimum absolute atomic E-state index is 0.0823. The molecular weight excluding hydrogens is 292 g/mol. The molecule has 4 aromatic rings. The summed E-state index contributed by atoms with van der Waals surface area (Å²) in [6.45, 7) is 4.14.